The van der Waals surface area contributed by atoms with Gasteiger partial charge in [-0.15, -0.1) is 0 Å². The van der Waals surface area contributed by atoms with Gasteiger partial charge in [0.1, 0.15) is 23.4 Å². The summed E-state index contributed by atoms with van der Waals surface area (Å²) in [5.74, 6) is -0.191. The third kappa shape index (κ3) is 10.5. The van der Waals surface area contributed by atoms with Crippen molar-refractivity contribution < 1.29 is 78.9 Å². The number of ether oxygens (including phenoxy) is 6. The second-order valence-corrected chi connectivity index (χ2v) is 20.1. The third-order valence-corrected chi connectivity index (χ3v) is 14.7. The molecule has 0 aliphatic carbocycles. The summed E-state index contributed by atoms with van der Waals surface area (Å²) in [5, 5.41) is 99.9. The first-order valence-electron chi connectivity index (χ1n) is 25.1. The Hall–Kier alpha value is -6.21. The fourth-order valence-electron chi connectivity index (χ4n) is 11.0. The molecule has 1 fully saturated rings. The number of fused-ring (bicyclic) bond motifs is 3. The van der Waals surface area contributed by atoms with Crippen molar-refractivity contribution in [2.24, 2.45) is 28.5 Å². The molecule has 20 heteroatoms. The Kier molecular flexibility index (Phi) is 16.1. The number of hydrogen-bond donors (Lipinski definition) is 11. The number of nitrogens with zero attached hydrogens (tertiary/aromatic N) is 1. The van der Waals surface area contributed by atoms with Crippen LogP contribution in [0.2, 0.25) is 0 Å². The first kappa shape index (κ1) is 53.1. The van der Waals surface area contributed by atoms with Crippen LogP contribution in [0.15, 0.2) is 35.3 Å². The number of aromatic hydroxyl groups is 2. The van der Waals surface area contributed by atoms with Crippen molar-refractivity contribution in [3.8, 4) is 46.3 Å². The number of hydrogen-bond acceptors (Lipinski definition) is 17. The number of benzene rings is 3. The number of aryl methyl sites for hydroxylation is 1. The number of rotatable bonds is 15. The standard InChI is InChI=1S/C53H68N4O16/c1-5-29-11-8-12-30(22-29)15-20-69-44-40(59)38-37-32(14-10-19-68-43(37)41(44)60)25-53(50(66)72-47(38)64)49(65)52(67)16-9-13-31-23-34-39(57-28(4)33(31)21-27(2)3)35(46(62)63)24-36(42(34)71-48(73-53)45(52)61)70-26-56-51(54)55-17-6-7-18-58/h8,11-12,22,24,27-28,31-33,45,48-50,57-61,65-67H,5-7,10,14-21,23,25-26H2,1-4H3,(H,62,63)(H3,54,55,56)/t28-,31+,32+,33-,45+,48-,49+,50-,52-,53+/m1/s1. The Morgan fingerprint density at radius 1 is 1.08 bits per heavy atom. The van der Waals surface area contributed by atoms with Gasteiger partial charge < -0.3 is 85.6 Å². The van der Waals surface area contributed by atoms with Gasteiger partial charge in [-0.25, -0.2) is 14.6 Å². The van der Waals surface area contributed by atoms with Gasteiger partial charge in [0.25, 0.3) is 0 Å². The van der Waals surface area contributed by atoms with Crippen molar-refractivity contribution in [2.75, 3.05) is 38.4 Å². The van der Waals surface area contributed by atoms with Crippen LogP contribution < -0.4 is 35.3 Å². The number of esters is 1. The lowest BCUT2D eigenvalue weighted by Gasteiger charge is -2.55. The van der Waals surface area contributed by atoms with Gasteiger partial charge in [0.05, 0.1) is 24.5 Å². The number of aromatic carboxylic acids is 1. The van der Waals surface area contributed by atoms with Crippen LogP contribution in [0.3, 0.4) is 0 Å². The van der Waals surface area contributed by atoms with Crippen LogP contribution >= 0.6 is 0 Å². The van der Waals surface area contributed by atoms with Crippen molar-refractivity contribution in [3.05, 3.63) is 63.7 Å². The molecule has 3 aromatic carbocycles. The molecule has 396 valence electrons. The number of carbonyl (C=O) groups is 2. The second kappa shape index (κ2) is 22.1. The third-order valence-electron chi connectivity index (χ3n) is 14.7. The Bertz CT molecular complexity index is 2630. The summed E-state index contributed by atoms with van der Waals surface area (Å²) in [4.78, 5) is 31.9. The Morgan fingerprint density at radius 3 is 2.60 bits per heavy atom. The Labute approximate surface area is 423 Å². The number of aliphatic hydroxyl groups is 5. The zero-order valence-electron chi connectivity index (χ0n) is 41.6. The van der Waals surface area contributed by atoms with E-state index in [9.17, 15) is 45.3 Å². The van der Waals surface area contributed by atoms with Gasteiger partial charge in [0.15, 0.2) is 41.3 Å². The Morgan fingerprint density at radius 2 is 1.86 bits per heavy atom. The predicted molar refractivity (Wildman–Crippen MR) is 264 cm³/mol. The lowest BCUT2D eigenvalue weighted by atomic mass is 9.69. The van der Waals surface area contributed by atoms with Crippen LogP contribution in [-0.4, -0.2) is 134 Å². The molecule has 0 radical (unpaired) electrons. The molecule has 4 bridgehead atoms. The molecule has 8 rings (SSSR count). The Balaban J connectivity index is 1.23. The summed E-state index contributed by atoms with van der Waals surface area (Å²) < 4.78 is 37.1. The van der Waals surface area contributed by atoms with Crippen molar-refractivity contribution in [2.45, 2.75) is 140 Å². The first-order valence-corrected chi connectivity index (χ1v) is 25.1. The number of carbonyl (C=O) groups excluding carboxylic acids is 1. The summed E-state index contributed by atoms with van der Waals surface area (Å²) in [6.45, 7) is 8.01. The van der Waals surface area contributed by atoms with E-state index in [4.69, 9.17) is 39.3 Å². The molecule has 0 saturated carbocycles. The van der Waals surface area contributed by atoms with Gasteiger partial charge in [-0.3, -0.25) is 0 Å². The van der Waals surface area contributed by atoms with E-state index in [-0.39, 0.29) is 96.1 Å². The van der Waals surface area contributed by atoms with Crippen molar-refractivity contribution >= 4 is 23.6 Å². The van der Waals surface area contributed by atoms with Crippen molar-refractivity contribution in [3.63, 3.8) is 0 Å². The van der Waals surface area contributed by atoms with Crippen LogP contribution in [0.25, 0.3) is 0 Å². The highest BCUT2D eigenvalue weighted by Gasteiger charge is 2.67. The number of unbranched alkanes of at least 4 members (excludes halogenated alkanes) is 1. The van der Waals surface area contributed by atoms with Gasteiger partial charge in [-0.2, -0.15) is 0 Å². The van der Waals surface area contributed by atoms with E-state index >= 15 is 0 Å². The zero-order chi connectivity index (χ0) is 52.4. The van der Waals surface area contributed by atoms with E-state index in [2.05, 4.69) is 41.3 Å². The highest BCUT2D eigenvalue weighted by molar-refractivity contribution is 5.98. The van der Waals surface area contributed by atoms with Crippen LogP contribution in [0, 0.1) is 29.6 Å². The number of nitrogens with two attached hydrogens (primary N) is 1. The number of anilines is 1. The number of carboxylic acid groups (broad SMARTS) is 1. The smallest absolute Gasteiger partial charge is 0.344 e. The molecule has 3 aromatic rings. The maximum Gasteiger partial charge on any atom is 0.344 e. The molecule has 5 aliphatic heterocycles. The monoisotopic (exact) mass is 1020 g/mol. The molecule has 20 nitrogen and oxygen atoms in total. The second-order valence-electron chi connectivity index (χ2n) is 20.1. The molecule has 0 aromatic heterocycles. The van der Waals surface area contributed by atoms with E-state index in [0.717, 1.165) is 17.5 Å². The fraction of sp³-hybridized carbons (Fsp3) is 0.566. The number of guanidine groups is 1. The molecule has 5 aliphatic rings. The maximum atomic E-state index is 14.5. The molecule has 0 unspecified atom stereocenters. The number of aliphatic imine (C=N–C) groups is 1. The highest BCUT2D eigenvalue weighted by atomic mass is 16.7. The maximum absolute atomic E-state index is 14.5. The van der Waals surface area contributed by atoms with Crippen molar-refractivity contribution in [1.29, 1.82) is 0 Å². The predicted octanol–water partition coefficient (Wildman–Crippen LogP) is 3.80. The number of phenols is 2. The minimum atomic E-state index is -2.68. The van der Waals surface area contributed by atoms with Gasteiger partial charge >= 0.3 is 11.9 Å². The van der Waals surface area contributed by atoms with Crippen LogP contribution in [0.1, 0.15) is 122 Å². The average molecular weight is 1020 g/mol. The molecule has 1 saturated heterocycles. The highest BCUT2D eigenvalue weighted by Crippen LogP contribution is 2.58. The number of carboxylic acids is 1. The van der Waals surface area contributed by atoms with Gasteiger partial charge in [0.2, 0.25) is 24.1 Å². The minimum Gasteiger partial charge on any atom is -0.504 e. The SMILES string of the molecule is CCc1cccc(CCOc2c(O)c3c4c(c2O)C(=O)O[C@@H](O)[C@@]2(C[C@@H]4CCCO3)O[C@H]3Oc4c(OCN=C(N)NCCCCO)cc(C(=O)O)c5c4C[C@H](C#CC[C@@](O)([C@H]3O)[C@@H]2O)[C@H](CC(C)C)[C@@H](C)N5)c1. The van der Waals surface area contributed by atoms with E-state index in [1.54, 1.807) is 0 Å². The van der Waals surface area contributed by atoms with E-state index in [0.29, 0.717) is 38.6 Å². The summed E-state index contributed by atoms with van der Waals surface area (Å²) >= 11 is 0. The summed E-state index contributed by atoms with van der Waals surface area (Å²) in [7, 11) is 0. The molecular formula is C53H68N4O16. The quantitative estimate of drug-likeness (QED) is 0.0339. The molecule has 5 heterocycles. The van der Waals surface area contributed by atoms with E-state index in [1.165, 1.54) is 6.07 Å². The topological polar surface area (TPSA) is 314 Å². The van der Waals surface area contributed by atoms with Crippen LogP contribution in [0.4, 0.5) is 5.69 Å². The first-order chi connectivity index (χ1) is 34.9. The fourth-order valence-corrected chi connectivity index (χ4v) is 11.0. The normalized spacial score (nSPS) is 28.4. The zero-order valence-corrected chi connectivity index (χ0v) is 41.6. The molecule has 73 heavy (non-hydrogen) atoms. The van der Waals surface area contributed by atoms with Crippen LogP contribution in [-0.2, 0) is 28.7 Å². The lowest BCUT2D eigenvalue weighted by molar-refractivity contribution is -0.382. The average Bonchev–Trinajstić information content (AvgIpc) is 3.64. The molecule has 10 atom stereocenters. The number of phenolic OH excluding ortho intramolecular Hbond substituents is 2. The molecule has 1 spiro atoms. The largest absolute Gasteiger partial charge is 0.504 e. The number of nitrogens with one attached hydrogen (secondary N) is 2. The van der Waals surface area contributed by atoms with Crippen LogP contribution in [0.5, 0.6) is 34.5 Å². The summed E-state index contributed by atoms with van der Waals surface area (Å²) in [6.07, 6.45) is -6.45. The molecule has 0 amide bonds. The van der Waals surface area contributed by atoms with Gasteiger partial charge in [-0.1, -0.05) is 56.9 Å². The van der Waals surface area contributed by atoms with Gasteiger partial charge in [-0.05, 0) is 87.2 Å². The lowest BCUT2D eigenvalue weighted by Crippen LogP contribution is -2.76. The van der Waals surface area contributed by atoms with Gasteiger partial charge in [0, 0.05) is 55.1 Å². The number of cyclic esters (lactones) is 1. The summed E-state index contributed by atoms with van der Waals surface area (Å²) in [5.41, 5.74) is 2.71. The number of aliphatic hydroxyl groups excluding tert-OH is 4. The molecule has 12 N–H and O–H groups in total. The minimum absolute atomic E-state index is 0.000351. The summed E-state index contributed by atoms with van der Waals surface area (Å²) in [6, 6.07) is 8.73. The molecular weight excluding hydrogens is 949 g/mol. The van der Waals surface area contributed by atoms with Crippen molar-refractivity contribution in [1.82, 2.24) is 5.32 Å². The van der Waals surface area contributed by atoms with E-state index < -0.39 is 102 Å². The van der Waals surface area contributed by atoms with E-state index in [1.807, 2.05) is 38.1 Å².